The van der Waals surface area contributed by atoms with E-state index in [1.807, 2.05) is 19.9 Å². The molecule has 1 aliphatic rings. The Balaban J connectivity index is 1.67. The fourth-order valence-corrected chi connectivity index (χ4v) is 4.11. The van der Waals surface area contributed by atoms with E-state index in [0.717, 1.165) is 16.2 Å². The lowest BCUT2D eigenvalue weighted by molar-refractivity contribution is -0.141. The summed E-state index contributed by atoms with van der Waals surface area (Å²) in [6.45, 7) is 4.83. The van der Waals surface area contributed by atoms with E-state index >= 15 is 0 Å². The third kappa shape index (κ3) is 2.16. The summed E-state index contributed by atoms with van der Waals surface area (Å²) in [6, 6.07) is 3.58. The molecule has 1 fully saturated rings. The summed E-state index contributed by atoms with van der Waals surface area (Å²) in [4.78, 5) is 35.0. The first-order valence-corrected chi connectivity index (χ1v) is 9.28. The van der Waals surface area contributed by atoms with Gasteiger partial charge < -0.3 is 9.88 Å². The Morgan fingerprint density at radius 2 is 2.11 bits per heavy atom. The molecule has 4 aromatic rings. The van der Waals surface area contributed by atoms with Crippen molar-refractivity contribution in [2.24, 2.45) is 11.8 Å². The molecule has 0 saturated carbocycles. The Labute approximate surface area is 159 Å². The SMILES string of the molecule is CC(C)C(C(=O)N1CC(C#N)C1)n1cc2c(n1)c(=O)c1cnc3[nH]ccc2c31. The van der Waals surface area contributed by atoms with Gasteiger partial charge in [0.05, 0.1) is 17.4 Å². The molecule has 0 aliphatic carbocycles. The monoisotopic (exact) mass is 374 g/mol. The predicted octanol–water partition coefficient (Wildman–Crippen LogP) is 2.04. The van der Waals surface area contributed by atoms with Gasteiger partial charge in [-0.05, 0) is 17.4 Å². The zero-order valence-electron chi connectivity index (χ0n) is 15.5. The molecule has 1 amide bonds. The molecular formula is C20H18N6O2. The summed E-state index contributed by atoms with van der Waals surface area (Å²) >= 11 is 0. The van der Waals surface area contributed by atoms with Gasteiger partial charge in [0.15, 0.2) is 0 Å². The number of H-pyrrole nitrogens is 1. The van der Waals surface area contributed by atoms with Gasteiger partial charge in [0.2, 0.25) is 11.3 Å². The molecule has 28 heavy (non-hydrogen) atoms. The minimum Gasteiger partial charge on any atom is -0.346 e. The van der Waals surface area contributed by atoms with Gasteiger partial charge in [0.25, 0.3) is 0 Å². The number of fused-ring (bicyclic) bond motifs is 2. The highest BCUT2D eigenvalue weighted by atomic mass is 16.2. The maximum Gasteiger partial charge on any atom is 0.247 e. The number of aromatic nitrogens is 4. The number of nitriles is 1. The molecule has 1 aromatic carbocycles. The van der Waals surface area contributed by atoms with Crippen LogP contribution in [0.4, 0.5) is 0 Å². The summed E-state index contributed by atoms with van der Waals surface area (Å²) in [5, 5.41) is 16.5. The van der Waals surface area contributed by atoms with Crippen LogP contribution in [0.25, 0.3) is 32.7 Å². The number of amides is 1. The van der Waals surface area contributed by atoms with E-state index in [9.17, 15) is 9.59 Å². The fourth-order valence-electron chi connectivity index (χ4n) is 4.11. The molecule has 1 unspecified atom stereocenters. The van der Waals surface area contributed by atoms with E-state index in [-0.39, 0.29) is 23.2 Å². The van der Waals surface area contributed by atoms with Gasteiger partial charge in [0, 0.05) is 42.5 Å². The van der Waals surface area contributed by atoms with Gasteiger partial charge in [-0.2, -0.15) is 10.4 Å². The van der Waals surface area contributed by atoms with Gasteiger partial charge in [0.1, 0.15) is 17.2 Å². The molecule has 0 radical (unpaired) electrons. The number of hydrogen-bond donors (Lipinski definition) is 1. The Hall–Kier alpha value is -3.47. The minimum absolute atomic E-state index is 0.0119. The number of nitrogens with zero attached hydrogens (tertiary/aromatic N) is 5. The first-order chi connectivity index (χ1) is 13.5. The number of benzene rings is 1. The van der Waals surface area contributed by atoms with Gasteiger partial charge in [-0.25, -0.2) is 4.98 Å². The van der Waals surface area contributed by atoms with E-state index in [1.165, 1.54) is 0 Å². The second-order valence-electron chi connectivity index (χ2n) is 7.75. The van der Waals surface area contributed by atoms with Crippen molar-refractivity contribution in [3.8, 4) is 6.07 Å². The summed E-state index contributed by atoms with van der Waals surface area (Å²) in [7, 11) is 0. The van der Waals surface area contributed by atoms with Crippen LogP contribution in [0.5, 0.6) is 0 Å². The zero-order valence-corrected chi connectivity index (χ0v) is 15.5. The lowest BCUT2D eigenvalue weighted by atomic mass is 9.97. The van der Waals surface area contributed by atoms with Crippen molar-refractivity contribution in [1.82, 2.24) is 24.6 Å². The molecule has 140 valence electrons. The van der Waals surface area contributed by atoms with Crippen LogP contribution < -0.4 is 5.43 Å². The molecule has 1 N–H and O–H groups in total. The summed E-state index contributed by atoms with van der Waals surface area (Å²) in [6.07, 6.45) is 5.16. The molecule has 3 aromatic heterocycles. The quantitative estimate of drug-likeness (QED) is 0.590. The Morgan fingerprint density at radius 1 is 1.32 bits per heavy atom. The van der Waals surface area contributed by atoms with Crippen molar-refractivity contribution in [3.05, 3.63) is 34.9 Å². The first-order valence-electron chi connectivity index (χ1n) is 9.28. The molecule has 5 rings (SSSR count). The second kappa shape index (κ2) is 5.76. The summed E-state index contributed by atoms with van der Waals surface area (Å²) < 4.78 is 1.62. The largest absolute Gasteiger partial charge is 0.346 e. The average Bonchev–Trinajstić information content (AvgIpc) is 3.24. The standard InChI is InChI=1S/C20H18N6O2/c1-10(2)17(20(28)25-7-11(5-21)8-25)26-9-14-12-3-4-22-19-15(12)13(6-23-19)18(27)16(14)24-26/h3-4,6,9-11,17H,7-8H2,1-2H3,(H,22,23). The Morgan fingerprint density at radius 3 is 2.82 bits per heavy atom. The van der Waals surface area contributed by atoms with Gasteiger partial charge >= 0.3 is 0 Å². The van der Waals surface area contributed by atoms with Crippen LogP contribution in [0.15, 0.2) is 29.5 Å². The maximum absolute atomic E-state index is 13.0. The fraction of sp³-hybridized carbons (Fsp3) is 0.350. The van der Waals surface area contributed by atoms with E-state index in [0.29, 0.717) is 29.6 Å². The van der Waals surface area contributed by atoms with Crippen molar-refractivity contribution < 1.29 is 4.79 Å². The van der Waals surface area contributed by atoms with E-state index in [1.54, 1.807) is 28.2 Å². The van der Waals surface area contributed by atoms with Crippen LogP contribution in [0.1, 0.15) is 19.9 Å². The number of likely N-dealkylation sites (tertiary alicyclic amines) is 1. The molecule has 1 saturated heterocycles. The third-order valence-corrected chi connectivity index (χ3v) is 5.60. The predicted molar refractivity (Wildman–Crippen MR) is 104 cm³/mol. The van der Waals surface area contributed by atoms with Crippen LogP contribution >= 0.6 is 0 Å². The molecule has 1 atom stereocenters. The van der Waals surface area contributed by atoms with Gasteiger partial charge in [-0.15, -0.1) is 0 Å². The number of carbonyl (C=O) groups is 1. The van der Waals surface area contributed by atoms with E-state index in [4.69, 9.17) is 5.26 Å². The minimum atomic E-state index is -0.517. The Bertz CT molecular complexity index is 1320. The number of nitrogens with one attached hydrogen (secondary N) is 1. The molecule has 8 nitrogen and oxygen atoms in total. The highest BCUT2D eigenvalue weighted by molar-refractivity contribution is 6.19. The molecule has 4 heterocycles. The summed E-state index contributed by atoms with van der Waals surface area (Å²) in [5.74, 6) is -0.170. The lowest BCUT2D eigenvalue weighted by Crippen LogP contribution is -2.52. The van der Waals surface area contributed by atoms with Crippen molar-refractivity contribution in [1.29, 1.82) is 5.26 Å². The molecule has 0 bridgehead atoms. The van der Waals surface area contributed by atoms with Crippen LogP contribution in [0.2, 0.25) is 0 Å². The topological polar surface area (TPSA) is 108 Å². The zero-order chi connectivity index (χ0) is 19.6. The highest BCUT2D eigenvalue weighted by Crippen LogP contribution is 2.31. The third-order valence-electron chi connectivity index (χ3n) is 5.60. The van der Waals surface area contributed by atoms with Crippen molar-refractivity contribution >= 4 is 38.6 Å². The van der Waals surface area contributed by atoms with Crippen LogP contribution in [-0.2, 0) is 4.79 Å². The van der Waals surface area contributed by atoms with Crippen molar-refractivity contribution in [3.63, 3.8) is 0 Å². The molecule has 8 heteroatoms. The van der Waals surface area contributed by atoms with Crippen LogP contribution in [0.3, 0.4) is 0 Å². The summed E-state index contributed by atoms with van der Waals surface area (Å²) in [5.41, 5.74) is 0.843. The van der Waals surface area contributed by atoms with Gasteiger partial charge in [-0.3, -0.25) is 14.3 Å². The van der Waals surface area contributed by atoms with E-state index in [2.05, 4.69) is 21.1 Å². The second-order valence-corrected chi connectivity index (χ2v) is 7.75. The number of carbonyl (C=O) groups excluding carboxylic acids is 1. The molecule has 1 aliphatic heterocycles. The van der Waals surface area contributed by atoms with Crippen LogP contribution in [0, 0.1) is 23.2 Å². The first kappa shape index (κ1) is 16.7. The van der Waals surface area contributed by atoms with E-state index < -0.39 is 6.04 Å². The van der Waals surface area contributed by atoms with Gasteiger partial charge in [-0.1, -0.05) is 13.8 Å². The average molecular weight is 374 g/mol. The number of rotatable bonds is 3. The molecule has 0 spiro atoms. The lowest BCUT2D eigenvalue weighted by Gasteiger charge is -2.38. The highest BCUT2D eigenvalue weighted by Gasteiger charge is 2.37. The number of hydrogen-bond acceptors (Lipinski definition) is 5. The molecular weight excluding hydrogens is 356 g/mol. The van der Waals surface area contributed by atoms with Crippen molar-refractivity contribution in [2.45, 2.75) is 19.9 Å². The number of pyridine rings is 1. The maximum atomic E-state index is 13.0. The van der Waals surface area contributed by atoms with Crippen molar-refractivity contribution in [2.75, 3.05) is 13.1 Å². The smallest absolute Gasteiger partial charge is 0.247 e. The Kier molecular flexibility index (Phi) is 3.43. The van der Waals surface area contributed by atoms with Crippen LogP contribution in [-0.4, -0.2) is 43.6 Å². The normalized spacial score (nSPS) is 16.1. The number of aromatic amines is 1.